The molecule has 8 heteroatoms. The van der Waals surface area contributed by atoms with E-state index < -0.39 is 11.3 Å². The number of rotatable bonds is 4. The zero-order valence-corrected chi connectivity index (χ0v) is 16.3. The Morgan fingerprint density at radius 2 is 1.84 bits per heavy atom. The first-order valence-corrected chi connectivity index (χ1v) is 9.37. The lowest BCUT2D eigenvalue weighted by Gasteiger charge is -2.06. The highest BCUT2D eigenvalue weighted by Crippen LogP contribution is 2.27. The summed E-state index contributed by atoms with van der Waals surface area (Å²) in [6.07, 6.45) is 5.39. The molecule has 3 aromatic heterocycles. The Morgan fingerprint density at radius 1 is 0.968 bits per heavy atom. The molecule has 0 unspecified atom stereocenters. The van der Waals surface area contributed by atoms with Gasteiger partial charge in [0, 0.05) is 6.20 Å². The maximum absolute atomic E-state index is 11.8. The molecule has 0 spiro atoms. The molecule has 0 aliphatic heterocycles. The third-order valence-corrected chi connectivity index (χ3v) is 4.73. The fraction of sp³-hybridized carbons (Fsp3) is 0.0435. The Hall–Kier alpha value is -4.46. The standard InChI is InChI=1S/C23H15N3O5/c1-29-15-6-4-5-14(13-15)8-11-19-25-20-16(26(19)18-7-2-3-12-24-18)9-10-17-21(20)31-23(28)22(27)30-17/h2-13H,1H3/b11-8+. The molecule has 0 aliphatic carbocycles. The van der Waals surface area contributed by atoms with E-state index in [1.54, 1.807) is 25.4 Å². The van der Waals surface area contributed by atoms with E-state index in [0.717, 1.165) is 11.3 Å². The first-order chi connectivity index (χ1) is 15.1. The molecule has 31 heavy (non-hydrogen) atoms. The molecule has 5 rings (SSSR count). The van der Waals surface area contributed by atoms with E-state index in [4.69, 9.17) is 13.6 Å². The van der Waals surface area contributed by atoms with Crippen molar-refractivity contribution in [1.29, 1.82) is 0 Å². The second kappa shape index (κ2) is 7.42. The third-order valence-electron chi connectivity index (χ3n) is 4.73. The molecule has 0 saturated carbocycles. The van der Waals surface area contributed by atoms with Gasteiger partial charge in [0.05, 0.1) is 12.6 Å². The van der Waals surface area contributed by atoms with E-state index >= 15 is 0 Å². The van der Waals surface area contributed by atoms with Crippen LogP contribution in [0.4, 0.5) is 0 Å². The first-order valence-electron chi connectivity index (χ1n) is 9.37. The van der Waals surface area contributed by atoms with Crippen LogP contribution < -0.4 is 16.0 Å². The second-order valence-electron chi connectivity index (χ2n) is 6.64. The lowest BCUT2D eigenvalue weighted by molar-refractivity contribution is 0.414. The van der Waals surface area contributed by atoms with Crippen molar-refractivity contribution in [2.45, 2.75) is 0 Å². The van der Waals surface area contributed by atoms with Crippen LogP contribution in [-0.4, -0.2) is 21.6 Å². The molecule has 0 radical (unpaired) electrons. The molecule has 0 amide bonds. The van der Waals surface area contributed by atoms with Crippen molar-refractivity contribution in [2.75, 3.05) is 7.11 Å². The minimum Gasteiger partial charge on any atom is -0.497 e. The Kier molecular flexibility index (Phi) is 4.44. The Bertz CT molecular complexity index is 1560. The van der Waals surface area contributed by atoms with Crippen LogP contribution in [0.1, 0.15) is 11.4 Å². The van der Waals surface area contributed by atoms with Crippen molar-refractivity contribution in [1.82, 2.24) is 14.5 Å². The van der Waals surface area contributed by atoms with Crippen LogP contribution in [0, 0.1) is 0 Å². The summed E-state index contributed by atoms with van der Waals surface area (Å²) < 4.78 is 17.4. The van der Waals surface area contributed by atoms with Gasteiger partial charge in [0.15, 0.2) is 5.58 Å². The summed E-state index contributed by atoms with van der Waals surface area (Å²) in [4.78, 5) is 32.4. The molecular formula is C23H15N3O5. The monoisotopic (exact) mass is 413 g/mol. The molecule has 0 N–H and O–H groups in total. The SMILES string of the molecule is COc1cccc(/C=C/c2nc3c4oc(=O)c(=O)oc4ccc3n2-c2ccccn2)c1. The minimum atomic E-state index is -1.08. The normalized spacial score (nSPS) is 11.5. The molecule has 0 bridgehead atoms. The summed E-state index contributed by atoms with van der Waals surface area (Å²) in [6, 6.07) is 16.4. The Morgan fingerprint density at radius 3 is 2.65 bits per heavy atom. The van der Waals surface area contributed by atoms with Crippen LogP contribution in [0.25, 0.3) is 40.2 Å². The number of fused-ring (bicyclic) bond motifs is 3. The number of hydrogen-bond donors (Lipinski definition) is 0. The summed E-state index contributed by atoms with van der Waals surface area (Å²) in [5.41, 5.74) is 0.0538. The third kappa shape index (κ3) is 3.29. The zero-order chi connectivity index (χ0) is 21.4. The number of hydrogen-bond acceptors (Lipinski definition) is 7. The minimum absolute atomic E-state index is 0.104. The number of pyridine rings is 1. The number of nitrogens with zero attached hydrogens (tertiary/aromatic N) is 3. The van der Waals surface area contributed by atoms with E-state index in [2.05, 4.69) is 9.97 Å². The van der Waals surface area contributed by atoms with Gasteiger partial charge in [-0.2, -0.15) is 0 Å². The number of ether oxygens (including phenoxy) is 1. The number of benzene rings is 2. The molecule has 8 nitrogen and oxygen atoms in total. The Labute approximate surface area is 174 Å². The van der Waals surface area contributed by atoms with Gasteiger partial charge in [0.2, 0.25) is 5.58 Å². The quantitative estimate of drug-likeness (QED) is 0.415. The molecule has 0 fully saturated rings. The van der Waals surface area contributed by atoms with Crippen molar-refractivity contribution < 1.29 is 13.6 Å². The lowest BCUT2D eigenvalue weighted by Crippen LogP contribution is -2.20. The van der Waals surface area contributed by atoms with Crippen LogP contribution in [0.15, 0.2) is 79.2 Å². The lowest BCUT2D eigenvalue weighted by atomic mass is 10.2. The Balaban J connectivity index is 1.77. The molecular weight excluding hydrogens is 398 g/mol. The highest BCUT2D eigenvalue weighted by molar-refractivity contribution is 5.99. The van der Waals surface area contributed by atoms with Crippen LogP contribution in [0.2, 0.25) is 0 Å². The highest BCUT2D eigenvalue weighted by atomic mass is 16.5. The van der Waals surface area contributed by atoms with Gasteiger partial charge in [-0.15, -0.1) is 0 Å². The summed E-state index contributed by atoms with van der Waals surface area (Å²) in [7, 11) is 1.61. The van der Waals surface area contributed by atoms with Crippen molar-refractivity contribution in [3.05, 3.63) is 93.0 Å². The predicted octanol–water partition coefficient (Wildman–Crippen LogP) is 3.66. The van der Waals surface area contributed by atoms with Gasteiger partial charge in [-0.25, -0.2) is 19.6 Å². The van der Waals surface area contributed by atoms with Gasteiger partial charge in [-0.3, -0.25) is 4.57 Å². The molecule has 5 aromatic rings. The topological polar surface area (TPSA) is 100 Å². The van der Waals surface area contributed by atoms with Gasteiger partial charge in [-0.1, -0.05) is 24.3 Å². The van der Waals surface area contributed by atoms with Crippen molar-refractivity contribution in [2.24, 2.45) is 0 Å². The van der Waals surface area contributed by atoms with Gasteiger partial charge >= 0.3 is 11.3 Å². The van der Waals surface area contributed by atoms with Gasteiger partial charge in [0.1, 0.15) is 22.9 Å². The number of aromatic nitrogens is 3. The average molecular weight is 413 g/mol. The fourth-order valence-corrected chi connectivity index (χ4v) is 3.33. The summed E-state index contributed by atoms with van der Waals surface area (Å²) in [6.45, 7) is 0. The molecule has 0 atom stereocenters. The average Bonchev–Trinajstić information content (AvgIpc) is 3.18. The van der Waals surface area contributed by atoms with Crippen molar-refractivity contribution in [3.8, 4) is 11.6 Å². The van der Waals surface area contributed by atoms with E-state index in [-0.39, 0.29) is 11.2 Å². The van der Waals surface area contributed by atoms with Crippen LogP contribution in [0.5, 0.6) is 5.75 Å². The van der Waals surface area contributed by atoms with E-state index in [0.29, 0.717) is 22.7 Å². The van der Waals surface area contributed by atoms with Gasteiger partial charge < -0.3 is 13.6 Å². The second-order valence-corrected chi connectivity index (χ2v) is 6.64. The zero-order valence-electron chi connectivity index (χ0n) is 16.3. The van der Waals surface area contributed by atoms with E-state index in [1.165, 1.54) is 0 Å². The molecule has 0 saturated heterocycles. The van der Waals surface area contributed by atoms with Crippen LogP contribution in [-0.2, 0) is 0 Å². The molecule has 152 valence electrons. The van der Waals surface area contributed by atoms with Gasteiger partial charge in [0.25, 0.3) is 0 Å². The number of methoxy groups -OCH3 is 1. The van der Waals surface area contributed by atoms with Crippen LogP contribution >= 0.6 is 0 Å². The largest absolute Gasteiger partial charge is 0.497 e. The molecule has 3 heterocycles. The summed E-state index contributed by atoms with van der Waals surface area (Å²) in [5, 5.41) is 0. The van der Waals surface area contributed by atoms with E-state index in [9.17, 15) is 9.59 Å². The van der Waals surface area contributed by atoms with E-state index in [1.807, 2.05) is 59.2 Å². The maximum Gasteiger partial charge on any atom is 0.423 e. The highest BCUT2D eigenvalue weighted by Gasteiger charge is 2.17. The first kappa shape index (κ1) is 18.6. The maximum atomic E-state index is 11.8. The fourth-order valence-electron chi connectivity index (χ4n) is 3.33. The van der Waals surface area contributed by atoms with Crippen molar-refractivity contribution in [3.63, 3.8) is 0 Å². The van der Waals surface area contributed by atoms with Crippen molar-refractivity contribution >= 4 is 34.4 Å². The summed E-state index contributed by atoms with van der Waals surface area (Å²) in [5.74, 6) is 1.93. The van der Waals surface area contributed by atoms with Gasteiger partial charge in [-0.05, 0) is 48.0 Å². The predicted molar refractivity (Wildman–Crippen MR) is 115 cm³/mol. The van der Waals surface area contributed by atoms with Crippen LogP contribution in [0.3, 0.4) is 0 Å². The number of imidazole rings is 1. The molecule has 0 aliphatic rings. The summed E-state index contributed by atoms with van der Waals surface area (Å²) >= 11 is 0. The smallest absolute Gasteiger partial charge is 0.423 e. The molecule has 2 aromatic carbocycles.